The Labute approximate surface area is 115 Å². The fourth-order valence-electron chi connectivity index (χ4n) is 2.08. The van der Waals surface area contributed by atoms with Gasteiger partial charge in [-0.25, -0.2) is 0 Å². The first kappa shape index (κ1) is 12.5. The summed E-state index contributed by atoms with van der Waals surface area (Å²) < 4.78 is 1.11. The molecule has 3 nitrogen and oxygen atoms in total. The molecule has 1 aromatic rings. The Bertz CT molecular complexity index is 442. The third-order valence-electron chi connectivity index (χ3n) is 2.93. The first-order valence-electron chi connectivity index (χ1n) is 5.51. The monoisotopic (exact) mass is 311 g/mol. The molecule has 1 saturated carbocycles. The molecule has 0 heterocycles. The second-order valence-electron chi connectivity index (χ2n) is 4.15. The van der Waals surface area contributed by atoms with Crippen LogP contribution in [0.1, 0.15) is 30.7 Å². The van der Waals surface area contributed by atoms with Crippen molar-refractivity contribution < 1.29 is 0 Å². The summed E-state index contributed by atoms with van der Waals surface area (Å²) in [5, 5.41) is 4.43. The van der Waals surface area contributed by atoms with Gasteiger partial charge in [0.2, 0.25) is 0 Å². The van der Waals surface area contributed by atoms with E-state index in [1.54, 1.807) is 0 Å². The van der Waals surface area contributed by atoms with Crippen molar-refractivity contribution in [2.75, 3.05) is 0 Å². The van der Waals surface area contributed by atoms with E-state index in [2.05, 4.69) is 50.7 Å². The maximum absolute atomic E-state index is 5.34. The largest absolute Gasteiger partial charge is 0.375 e. The number of nitrogens with one attached hydrogen (secondary N) is 1. The van der Waals surface area contributed by atoms with Crippen LogP contribution in [0.3, 0.4) is 0 Å². The molecule has 17 heavy (non-hydrogen) atoms. The molecule has 0 aliphatic heterocycles. The molecule has 5 heteroatoms. The van der Waals surface area contributed by atoms with Crippen LogP contribution in [0.2, 0.25) is 0 Å². The van der Waals surface area contributed by atoms with Crippen molar-refractivity contribution in [3.8, 4) is 0 Å². The summed E-state index contributed by atoms with van der Waals surface area (Å²) in [5.74, 6) is 0.565. The van der Waals surface area contributed by atoms with Gasteiger partial charge in [-0.2, -0.15) is 5.10 Å². The number of thiocarbonyl (C=S) groups is 1. The quantitative estimate of drug-likeness (QED) is 0.652. The molecule has 0 saturated heterocycles. The minimum absolute atomic E-state index is 0.226. The number of rotatable bonds is 2. The van der Waals surface area contributed by atoms with E-state index < -0.39 is 0 Å². The number of hydrazone groups is 1. The molecule has 1 atom stereocenters. The van der Waals surface area contributed by atoms with E-state index >= 15 is 0 Å². The molecule has 1 unspecified atom stereocenters. The van der Waals surface area contributed by atoms with Crippen molar-refractivity contribution in [3.63, 3.8) is 0 Å². The van der Waals surface area contributed by atoms with Crippen LogP contribution in [0.4, 0.5) is 0 Å². The summed E-state index contributed by atoms with van der Waals surface area (Å²) in [6.45, 7) is 0. The van der Waals surface area contributed by atoms with E-state index in [-0.39, 0.29) is 5.11 Å². The van der Waals surface area contributed by atoms with Crippen LogP contribution in [0.25, 0.3) is 0 Å². The molecule has 1 aromatic carbocycles. The van der Waals surface area contributed by atoms with E-state index in [9.17, 15) is 0 Å². The smallest absolute Gasteiger partial charge is 0.184 e. The topological polar surface area (TPSA) is 50.4 Å². The van der Waals surface area contributed by atoms with Gasteiger partial charge in [0.25, 0.3) is 0 Å². The third kappa shape index (κ3) is 3.51. The van der Waals surface area contributed by atoms with E-state index in [4.69, 9.17) is 18.0 Å². The normalized spacial score (nSPS) is 21.7. The summed E-state index contributed by atoms with van der Waals surface area (Å²) in [7, 11) is 0. The number of nitrogens with two attached hydrogens (primary N) is 1. The highest BCUT2D eigenvalue weighted by Gasteiger charge is 2.22. The summed E-state index contributed by atoms with van der Waals surface area (Å²) in [6, 6.07) is 8.49. The Morgan fingerprint density at radius 3 is 2.76 bits per heavy atom. The van der Waals surface area contributed by atoms with Gasteiger partial charge < -0.3 is 5.73 Å². The van der Waals surface area contributed by atoms with Crippen LogP contribution >= 0.6 is 28.1 Å². The first-order chi connectivity index (χ1) is 8.15. The van der Waals surface area contributed by atoms with Gasteiger partial charge in [0.1, 0.15) is 0 Å². The lowest BCUT2D eigenvalue weighted by Gasteiger charge is -2.08. The SMILES string of the molecule is NC(=S)NN=C1CCC(c2ccc(Br)cc2)C1. The van der Waals surface area contributed by atoms with Crippen molar-refractivity contribution in [1.29, 1.82) is 0 Å². The maximum atomic E-state index is 5.34. The van der Waals surface area contributed by atoms with Gasteiger partial charge in [0.15, 0.2) is 5.11 Å². The molecule has 1 fully saturated rings. The lowest BCUT2D eigenvalue weighted by molar-refractivity contribution is 0.732. The zero-order valence-corrected chi connectivity index (χ0v) is 11.7. The predicted molar refractivity (Wildman–Crippen MR) is 78.1 cm³/mol. The lowest BCUT2D eigenvalue weighted by atomic mass is 9.98. The van der Waals surface area contributed by atoms with Crippen molar-refractivity contribution in [1.82, 2.24) is 5.43 Å². The molecule has 0 aromatic heterocycles. The van der Waals surface area contributed by atoms with E-state index in [1.165, 1.54) is 5.56 Å². The Morgan fingerprint density at radius 2 is 2.12 bits per heavy atom. The van der Waals surface area contributed by atoms with E-state index in [1.807, 2.05) is 0 Å². The minimum atomic E-state index is 0.226. The standard InChI is InChI=1S/C12H14BrN3S/c13-10-4-1-8(2-5-10)9-3-6-11(7-9)15-16-12(14)17/h1-2,4-5,9H,3,6-7H2,(H3,14,16,17). The molecular formula is C12H14BrN3S. The molecule has 1 aliphatic rings. The zero-order valence-electron chi connectivity index (χ0n) is 9.32. The Hall–Kier alpha value is -0.940. The highest BCUT2D eigenvalue weighted by Crippen LogP contribution is 2.33. The summed E-state index contributed by atoms with van der Waals surface area (Å²) >= 11 is 8.17. The Balaban J connectivity index is 2.00. The molecule has 2 rings (SSSR count). The van der Waals surface area contributed by atoms with E-state index in [0.29, 0.717) is 5.92 Å². The average Bonchev–Trinajstić information content (AvgIpc) is 2.76. The highest BCUT2D eigenvalue weighted by molar-refractivity contribution is 9.10. The number of hydrogen-bond donors (Lipinski definition) is 2. The van der Waals surface area contributed by atoms with Crippen LogP contribution in [-0.2, 0) is 0 Å². The molecule has 0 bridgehead atoms. The lowest BCUT2D eigenvalue weighted by Crippen LogP contribution is -2.25. The van der Waals surface area contributed by atoms with Gasteiger partial charge >= 0.3 is 0 Å². The van der Waals surface area contributed by atoms with Crippen LogP contribution in [0, 0.1) is 0 Å². The van der Waals surface area contributed by atoms with Crippen LogP contribution in [0.15, 0.2) is 33.8 Å². The Kier molecular flexibility index (Phi) is 4.12. The summed E-state index contributed by atoms with van der Waals surface area (Å²) in [6.07, 6.45) is 3.13. The molecule has 0 radical (unpaired) electrons. The molecular weight excluding hydrogens is 298 g/mol. The second-order valence-corrected chi connectivity index (χ2v) is 5.50. The van der Waals surface area contributed by atoms with Crippen LogP contribution < -0.4 is 11.2 Å². The van der Waals surface area contributed by atoms with Crippen molar-refractivity contribution >= 4 is 39.0 Å². The zero-order chi connectivity index (χ0) is 12.3. The van der Waals surface area contributed by atoms with E-state index in [0.717, 1.165) is 29.4 Å². The second kappa shape index (κ2) is 5.60. The number of halogens is 1. The molecule has 90 valence electrons. The van der Waals surface area contributed by atoms with Crippen LogP contribution in [-0.4, -0.2) is 10.8 Å². The molecule has 0 spiro atoms. The highest BCUT2D eigenvalue weighted by atomic mass is 79.9. The fraction of sp³-hybridized carbons (Fsp3) is 0.333. The average molecular weight is 312 g/mol. The van der Waals surface area contributed by atoms with Gasteiger partial charge in [0, 0.05) is 10.2 Å². The van der Waals surface area contributed by atoms with Gasteiger partial charge in [0.05, 0.1) is 0 Å². The van der Waals surface area contributed by atoms with Gasteiger partial charge in [-0.3, -0.25) is 5.43 Å². The predicted octanol–water partition coefficient (Wildman–Crippen LogP) is 2.91. The molecule has 0 amide bonds. The van der Waals surface area contributed by atoms with Gasteiger partial charge in [-0.05, 0) is 55.1 Å². The van der Waals surface area contributed by atoms with Gasteiger partial charge in [-0.1, -0.05) is 28.1 Å². The van der Waals surface area contributed by atoms with Crippen molar-refractivity contribution in [2.45, 2.75) is 25.2 Å². The Morgan fingerprint density at radius 1 is 1.41 bits per heavy atom. The van der Waals surface area contributed by atoms with Crippen molar-refractivity contribution in [2.24, 2.45) is 10.8 Å². The molecule has 1 aliphatic carbocycles. The number of nitrogens with zero attached hydrogens (tertiary/aromatic N) is 1. The van der Waals surface area contributed by atoms with Crippen molar-refractivity contribution in [3.05, 3.63) is 34.3 Å². The minimum Gasteiger partial charge on any atom is -0.375 e. The van der Waals surface area contributed by atoms with Crippen LogP contribution in [0.5, 0.6) is 0 Å². The van der Waals surface area contributed by atoms with Gasteiger partial charge in [-0.15, -0.1) is 0 Å². The molecule has 3 N–H and O–H groups in total. The summed E-state index contributed by atoms with van der Waals surface area (Å²) in [4.78, 5) is 0. The maximum Gasteiger partial charge on any atom is 0.184 e. The third-order valence-corrected chi connectivity index (χ3v) is 3.55. The number of benzene rings is 1. The summed E-state index contributed by atoms with van der Waals surface area (Å²) in [5.41, 5.74) is 10.5. The number of hydrogen-bond acceptors (Lipinski definition) is 2. The first-order valence-corrected chi connectivity index (χ1v) is 6.71. The fourth-order valence-corrected chi connectivity index (χ4v) is 2.39.